The number of imide groups is 1. The lowest BCUT2D eigenvalue weighted by molar-refractivity contribution is -0.126. The third-order valence-electron chi connectivity index (χ3n) is 1.13. The molecule has 0 saturated carbocycles. The normalized spacial score (nSPS) is 9.00. The molecule has 0 saturated heterocycles. The third-order valence-corrected chi connectivity index (χ3v) is 1.13. The van der Waals surface area contributed by atoms with Crippen LogP contribution in [0.2, 0.25) is 0 Å². The van der Waals surface area contributed by atoms with Gasteiger partial charge in [0.25, 0.3) is 0 Å². The van der Waals surface area contributed by atoms with E-state index in [1.807, 2.05) is 0 Å². The average molecular weight is 160 g/mol. The Bertz CT molecular complexity index is 158. The molecule has 0 atom stereocenters. The number of carbonyl (C=O) groups excluding carboxylic acids is 2. The van der Waals surface area contributed by atoms with Gasteiger partial charge >= 0.3 is 6.09 Å². The number of methoxy groups -OCH3 is 1. The minimum atomic E-state index is -0.664. The van der Waals surface area contributed by atoms with Crippen molar-refractivity contribution < 1.29 is 14.3 Å². The number of nitrogens with two attached hydrogens (primary N) is 1. The molecule has 0 unspecified atom stereocenters. The molecule has 11 heavy (non-hydrogen) atoms. The van der Waals surface area contributed by atoms with E-state index in [1.54, 1.807) is 0 Å². The zero-order valence-electron chi connectivity index (χ0n) is 6.66. The summed E-state index contributed by atoms with van der Waals surface area (Å²) in [7, 11) is 1.22. The molecule has 0 aromatic heterocycles. The first kappa shape index (κ1) is 9.90. The summed E-state index contributed by atoms with van der Waals surface area (Å²) in [4.78, 5) is 22.4. The maximum atomic E-state index is 10.8. The smallest absolute Gasteiger partial charge is 0.416 e. The Morgan fingerprint density at radius 1 is 1.55 bits per heavy atom. The van der Waals surface area contributed by atoms with E-state index in [0.29, 0.717) is 0 Å². The molecule has 0 aromatic carbocycles. The van der Waals surface area contributed by atoms with Crippen molar-refractivity contribution in [3.8, 4) is 0 Å². The van der Waals surface area contributed by atoms with Crippen LogP contribution in [0.4, 0.5) is 4.79 Å². The maximum absolute atomic E-state index is 10.8. The molecule has 0 heterocycles. The highest BCUT2D eigenvalue weighted by molar-refractivity contribution is 5.90. The number of rotatable bonds is 2. The van der Waals surface area contributed by atoms with Gasteiger partial charge in [0.15, 0.2) is 0 Å². The first-order valence-electron chi connectivity index (χ1n) is 3.19. The van der Waals surface area contributed by atoms with Crippen LogP contribution in [0.3, 0.4) is 0 Å². The van der Waals surface area contributed by atoms with Crippen molar-refractivity contribution in [2.45, 2.75) is 6.92 Å². The Morgan fingerprint density at radius 2 is 2.09 bits per heavy atom. The number of carbonyl (C=O) groups is 2. The molecule has 0 spiro atoms. The fourth-order valence-corrected chi connectivity index (χ4v) is 0.617. The Morgan fingerprint density at radius 3 is 2.36 bits per heavy atom. The molecule has 0 fully saturated rings. The Kier molecular flexibility index (Phi) is 4.21. The zero-order valence-corrected chi connectivity index (χ0v) is 6.66. The standard InChI is InChI=1S/C6H12N2O3/c1-5(9)8(4-3-7)6(10)11-2/h3-4,7H2,1-2H3. The van der Waals surface area contributed by atoms with Crippen LogP contribution in [0, 0.1) is 0 Å². The van der Waals surface area contributed by atoms with Crippen molar-refractivity contribution in [1.82, 2.24) is 4.90 Å². The molecule has 0 rings (SSSR count). The molecule has 2 N–H and O–H groups in total. The van der Waals surface area contributed by atoms with E-state index < -0.39 is 6.09 Å². The molecule has 5 heteroatoms. The van der Waals surface area contributed by atoms with Gasteiger partial charge in [0.2, 0.25) is 5.91 Å². The highest BCUT2D eigenvalue weighted by Gasteiger charge is 2.16. The summed E-state index contributed by atoms with van der Waals surface area (Å²) in [5, 5.41) is 0. The van der Waals surface area contributed by atoms with Crippen LogP contribution in [-0.4, -0.2) is 37.1 Å². The van der Waals surface area contributed by atoms with E-state index in [4.69, 9.17) is 5.73 Å². The van der Waals surface area contributed by atoms with Gasteiger partial charge in [-0.25, -0.2) is 9.69 Å². The Labute approximate surface area is 65.1 Å². The summed E-state index contributed by atoms with van der Waals surface area (Å²) in [6.07, 6.45) is -0.664. The third kappa shape index (κ3) is 2.99. The van der Waals surface area contributed by atoms with E-state index in [-0.39, 0.29) is 19.0 Å². The van der Waals surface area contributed by atoms with Crippen molar-refractivity contribution in [3.63, 3.8) is 0 Å². The SMILES string of the molecule is COC(=O)N(CCN)C(C)=O. The molecule has 2 amide bonds. The number of nitrogens with zero attached hydrogens (tertiary/aromatic N) is 1. The van der Waals surface area contributed by atoms with Crippen molar-refractivity contribution in [2.75, 3.05) is 20.2 Å². The number of amides is 2. The fraction of sp³-hybridized carbons (Fsp3) is 0.667. The van der Waals surface area contributed by atoms with Crippen LogP contribution in [0.25, 0.3) is 0 Å². The van der Waals surface area contributed by atoms with E-state index in [1.165, 1.54) is 14.0 Å². The van der Waals surface area contributed by atoms with Crippen LogP contribution < -0.4 is 5.73 Å². The van der Waals surface area contributed by atoms with E-state index in [2.05, 4.69) is 4.74 Å². The van der Waals surface area contributed by atoms with Crippen molar-refractivity contribution in [2.24, 2.45) is 5.73 Å². The molecular formula is C6H12N2O3. The highest BCUT2D eigenvalue weighted by atomic mass is 16.5. The Balaban J connectivity index is 4.09. The minimum absolute atomic E-state index is 0.196. The van der Waals surface area contributed by atoms with Gasteiger partial charge in [0.05, 0.1) is 7.11 Å². The molecule has 0 aliphatic carbocycles. The van der Waals surface area contributed by atoms with Crippen molar-refractivity contribution in [1.29, 1.82) is 0 Å². The second-order valence-electron chi connectivity index (χ2n) is 1.93. The minimum Gasteiger partial charge on any atom is -0.452 e. The Hall–Kier alpha value is -1.10. The summed E-state index contributed by atoms with van der Waals surface area (Å²) in [5.74, 6) is -0.359. The average Bonchev–Trinajstić information content (AvgIpc) is 1.98. The van der Waals surface area contributed by atoms with Gasteiger partial charge in [-0.05, 0) is 0 Å². The number of hydrogen-bond donors (Lipinski definition) is 1. The van der Waals surface area contributed by atoms with E-state index in [0.717, 1.165) is 4.90 Å². The topological polar surface area (TPSA) is 72.6 Å². The summed E-state index contributed by atoms with van der Waals surface area (Å²) in [6, 6.07) is 0. The molecule has 0 bridgehead atoms. The van der Waals surface area contributed by atoms with Gasteiger partial charge in [0.1, 0.15) is 0 Å². The summed E-state index contributed by atoms with van der Waals surface area (Å²) in [5.41, 5.74) is 5.16. The van der Waals surface area contributed by atoms with Crippen LogP contribution in [0.1, 0.15) is 6.92 Å². The first-order valence-corrected chi connectivity index (χ1v) is 3.19. The summed E-state index contributed by atoms with van der Waals surface area (Å²) >= 11 is 0. The fourth-order valence-electron chi connectivity index (χ4n) is 0.617. The van der Waals surface area contributed by atoms with E-state index in [9.17, 15) is 9.59 Å². The van der Waals surface area contributed by atoms with Crippen LogP contribution >= 0.6 is 0 Å². The van der Waals surface area contributed by atoms with Gasteiger partial charge in [-0.3, -0.25) is 4.79 Å². The van der Waals surface area contributed by atoms with E-state index >= 15 is 0 Å². The predicted molar refractivity (Wildman–Crippen MR) is 38.8 cm³/mol. The van der Waals surface area contributed by atoms with Crippen LogP contribution in [0.5, 0.6) is 0 Å². The summed E-state index contributed by atoms with van der Waals surface area (Å²) < 4.78 is 4.34. The zero-order chi connectivity index (χ0) is 8.85. The molecule has 64 valence electrons. The lowest BCUT2D eigenvalue weighted by Crippen LogP contribution is -2.38. The quantitative estimate of drug-likeness (QED) is 0.594. The number of ether oxygens (including phenoxy) is 1. The molecule has 0 aliphatic heterocycles. The first-order chi connectivity index (χ1) is 5.13. The van der Waals surface area contributed by atoms with Crippen LogP contribution in [0.15, 0.2) is 0 Å². The molecule has 0 aliphatic rings. The molecule has 5 nitrogen and oxygen atoms in total. The second kappa shape index (κ2) is 4.68. The lowest BCUT2D eigenvalue weighted by atomic mass is 10.5. The number of hydrogen-bond acceptors (Lipinski definition) is 4. The van der Waals surface area contributed by atoms with Crippen molar-refractivity contribution >= 4 is 12.0 Å². The van der Waals surface area contributed by atoms with Gasteiger partial charge in [-0.15, -0.1) is 0 Å². The van der Waals surface area contributed by atoms with Gasteiger partial charge in [-0.1, -0.05) is 0 Å². The molecular weight excluding hydrogens is 148 g/mol. The largest absolute Gasteiger partial charge is 0.452 e. The van der Waals surface area contributed by atoms with Crippen molar-refractivity contribution in [3.05, 3.63) is 0 Å². The monoisotopic (exact) mass is 160 g/mol. The highest BCUT2D eigenvalue weighted by Crippen LogP contribution is 1.91. The summed E-state index contributed by atoms with van der Waals surface area (Å²) in [6.45, 7) is 1.73. The second-order valence-corrected chi connectivity index (χ2v) is 1.93. The van der Waals surface area contributed by atoms with Gasteiger partial charge in [0, 0.05) is 20.0 Å². The molecule has 0 radical (unpaired) electrons. The maximum Gasteiger partial charge on any atom is 0.416 e. The van der Waals surface area contributed by atoms with Gasteiger partial charge < -0.3 is 10.5 Å². The van der Waals surface area contributed by atoms with Gasteiger partial charge in [-0.2, -0.15) is 0 Å². The van der Waals surface area contributed by atoms with Crippen LogP contribution in [-0.2, 0) is 9.53 Å². The lowest BCUT2D eigenvalue weighted by Gasteiger charge is -2.15. The molecule has 0 aromatic rings. The predicted octanol–water partition coefficient (Wildman–Crippen LogP) is -0.440.